The number of rotatable bonds is 8. The van der Waals surface area contributed by atoms with Crippen molar-refractivity contribution in [3.63, 3.8) is 0 Å². The van der Waals surface area contributed by atoms with Gasteiger partial charge in [0.05, 0.1) is 6.42 Å². The van der Waals surface area contributed by atoms with Crippen LogP contribution >= 0.6 is 0 Å². The van der Waals surface area contributed by atoms with Crippen molar-refractivity contribution in [3.8, 4) is 12.3 Å². The van der Waals surface area contributed by atoms with Gasteiger partial charge in [0, 0.05) is 13.0 Å². The minimum absolute atomic E-state index is 0.0831. The summed E-state index contributed by atoms with van der Waals surface area (Å²) in [6.07, 6.45) is 8.23. The molecule has 96 valence electrons. The number of aliphatic carboxylic acids is 1. The number of carbonyl (C=O) groups is 1. The van der Waals surface area contributed by atoms with Gasteiger partial charge in [-0.25, -0.2) is 0 Å². The van der Waals surface area contributed by atoms with E-state index in [2.05, 4.69) is 11.2 Å². The molecule has 0 saturated heterocycles. The van der Waals surface area contributed by atoms with Crippen LogP contribution in [0.25, 0.3) is 0 Å². The molecular formula is C15H19NO2. The van der Waals surface area contributed by atoms with Gasteiger partial charge < -0.3 is 10.4 Å². The monoisotopic (exact) mass is 245 g/mol. The topological polar surface area (TPSA) is 49.3 Å². The third kappa shape index (κ3) is 6.07. The fourth-order valence-electron chi connectivity index (χ4n) is 1.66. The molecule has 0 saturated carbocycles. The van der Waals surface area contributed by atoms with Crippen molar-refractivity contribution in [2.24, 2.45) is 0 Å². The summed E-state index contributed by atoms with van der Waals surface area (Å²) in [7, 11) is 0. The van der Waals surface area contributed by atoms with Crippen LogP contribution in [-0.4, -0.2) is 17.6 Å². The third-order valence-corrected chi connectivity index (χ3v) is 2.63. The molecule has 2 N–H and O–H groups in total. The number of hydrogen-bond acceptors (Lipinski definition) is 2. The van der Waals surface area contributed by atoms with Gasteiger partial charge in [-0.1, -0.05) is 24.3 Å². The Bertz CT molecular complexity index is 403. The van der Waals surface area contributed by atoms with Crippen LogP contribution in [0.5, 0.6) is 0 Å². The SMILES string of the molecule is C#CCCCCNCc1ccc(CC(=O)O)cc1. The molecule has 0 bridgehead atoms. The van der Waals surface area contributed by atoms with E-state index in [4.69, 9.17) is 11.5 Å². The van der Waals surface area contributed by atoms with Gasteiger partial charge in [0.1, 0.15) is 0 Å². The molecule has 0 heterocycles. The van der Waals surface area contributed by atoms with Gasteiger partial charge in [-0.3, -0.25) is 4.79 Å². The molecule has 18 heavy (non-hydrogen) atoms. The van der Waals surface area contributed by atoms with Crippen molar-refractivity contribution >= 4 is 5.97 Å². The third-order valence-electron chi connectivity index (χ3n) is 2.63. The van der Waals surface area contributed by atoms with E-state index in [1.807, 2.05) is 24.3 Å². The molecule has 0 aliphatic rings. The van der Waals surface area contributed by atoms with Crippen LogP contribution in [-0.2, 0) is 17.8 Å². The summed E-state index contributed by atoms with van der Waals surface area (Å²) in [6, 6.07) is 7.66. The van der Waals surface area contributed by atoms with Crippen LogP contribution in [0.2, 0.25) is 0 Å². The van der Waals surface area contributed by atoms with E-state index in [9.17, 15) is 4.79 Å². The van der Waals surface area contributed by atoms with Gasteiger partial charge in [-0.05, 0) is 30.5 Å². The molecule has 1 aromatic rings. The quantitative estimate of drug-likeness (QED) is 0.545. The lowest BCUT2D eigenvalue weighted by molar-refractivity contribution is -0.136. The zero-order valence-electron chi connectivity index (χ0n) is 10.5. The largest absolute Gasteiger partial charge is 0.481 e. The van der Waals surface area contributed by atoms with Gasteiger partial charge in [-0.15, -0.1) is 12.3 Å². The molecule has 0 aliphatic heterocycles. The molecule has 1 aromatic carbocycles. The number of hydrogen-bond donors (Lipinski definition) is 2. The van der Waals surface area contributed by atoms with Gasteiger partial charge >= 0.3 is 5.97 Å². The molecule has 0 aromatic heterocycles. The maximum Gasteiger partial charge on any atom is 0.307 e. The summed E-state index contributed by atoms with van der Waals surface area (Å²) in [4.78, 5) is 10.5. The van der Waals surface area contributed by atoms with Crippen molar-refractivity contribution in [3.05, 3.63) is 35.4 Å². The van der Waals surface area contributed by atoms with Crippen LogP contribution in [0.15, 0.2) is 24.3 Å². The second-order valence-electron chi connectivity index (χ2n) is 4.23. The summed E-state index contributed by atoms with van der Waals surface area (Å²) in [5, 5.41) is 12.0. The van der Waals surface area contributed by atoms with Crippen molar-refractivity contribution in [1.29, 1.82) is 0 Å². The molecule has 0 fully saturated rings. The van der Waals surface area contributed by atoms with Crippen LogP contribution in [0.4, 0.5) is 0 Å². The molecule has 0 amide bonds. The number of carboxylic acid groups (broad SMARTS) is 1. The normalized spacial score (nSPS) is 9.94. The Hall–Kier alpha value is -1.79. The van der Waals surface area contributed by atoms with E-state index < -0.39 is 5.97 Å². The number of unbranched alkanes of at least 4 members (excludes halogenated alkanes) is 2. The minimum atomic E-state index is -0.797. The lowest BCUT2D eigenvalue weighted by Crippen LogP contribution is -2.14. The molecule has 0 atom stereocenters. The van der Waals surface area contributed by atoms with Crippen molar-refractivity contribution in [2.45, 2.75) is 32.2 Å². The van der Waals surface area contributed by atoms with E-state index in [0.29, 0.717) is 0 Å². The Morgan fingerprint density at radius 2 is 1.89 bits per heavy atom. The van der Waals surface area contributed by atoms with Gasteiger partial charge in [0.2, 0.25) is 0 Å². The Morgan fingerprint density at radius 3 is 2.50 bits per heavy atom. The maximum atomic E-state index is 10.5. The first-order valence-corrected chi connectivity index (χ1v) is 6.16. The van der Waals surface area contributed by atoms with Crippen molar-refractivity contribution in [2.75, 3.05) is 6.54 Å². The molecule has 0 spiro atoms. The van der Waals surface area contributed by atoms with Crippen LogP contribution in [0.3, 0.4) is 0 Å². The van der Waals surface area contributed by atoms with Crippen molar-refractivity contribution < 1.29 is 9.90 Å². The fraction of sp³-hybridized carbons (Fsp3) is 0.400. The summed E-state index contributed by atoms with van der Waals surface area (Å²) in [6.45, 7) is 1.77. The molecule has 1 rings (SSSR count). The molecule has 3 heteroatoms. The minimum Gasteiger partial charge on any atom is -0.481 e. The summed E-state index contributed by atoms with van der Waals surface area (Å²) < 4.78 is 0. The maximum absolute atomic E-state index is 10.5. The standard InChI is InChI=1S/C15H19NO2/c1-2-3-4-5-10-16-12-14-8-6-13(7-9-14)11-15(17)18/h1,6-9,16H,3-5,10-12H2,(H,17,18). The van der Waals surface area contributed by atoms with E-state index >= 15 is 0 Å². The molecule has 0 unspecified atom stereocenters. The highest BCUT2D eigenvalue weighted by molar-refractivity contribution is 5.70. The van der Waals surface area contributed by atoms with Gasteiger partial charge in [0.25, 0.3) is 0 Å². The van der Waals surface area contributed by atoms with Crippen LogP contribution < -0.4 is 5.32 Å². The zero-order chi connectivity index (χ0) is 13.2. The van der Waals surface area contributed by atoms with Crippen LogP contribution in [0, 0.1) is 12.3 Å². The van der Waals surface area contributed by atoms with E-state index in [0.717, 1.165) is 37.9 Å². The zero-order valence-corrected chi connectivity index (χ0v) is 10.5. The predicted octanol–water partition coefficient (Wildman–Crippen LogP) is 2.21. The average molecular weight is 245 g/mol. The Kier molecular flexibility index (Phi) is 6.60. The number of carboxylic acids is 1. The fourth-order valence-corrected chi connectivity index (χ4v) is 1.66. The van der Waals surface area contributed by atoms with E-state index in [1.54, 1.807) is 0 Å². The van der Waals surface area contributed by atoms with E-state index in [-0.39, 0.29) is 6.42 Å². The Balaban J connectivity index is 2.23. The summed E-state index contributed by atoms with van der Waals surface area (Å²) in [5.74, 6) is 1.83. The van der Waals surface area contributed by atoms with Gasteiger partial charge in [-0.2, -0.15) is 0 Å². The highest BCUT2D eigenvalue weighted by atomic mass is 16.4. The first-order chi connectivity index (χ1) is 8.72. The highest BCUT2D eigenvalue weighted by Gasteiger charge is 2.00. The van der Waals surface area contributed by atoms with Crippen LogP contribution in [0.1, 0.15) is 30.4 Å². The lowest BCUT2D eigenvalue weighted by atomic mass is 10.1. The highest BCUT2D eigenvalue weighted by Crippen LogP contribution is 2.05. The predicted molar refractivity (Wildman–Crippen MR) is 72.2 cm³/mol. The summed E-state index contributed by atoms with van der Waals surface area (Å²) >= 11 is 0. The number of nitrogens with one attached hydrogen (secondary N) is 1. The molecule has 0 aliphatic carbocycles. The van der Waals surface area contributed by atoms with Gasteiger partial charge in [0.15, 0.2) is 0 Å². The lowest BCUT2D eigenvalue weighted by Gasteiger charge is -2.05. The number of terminal acetylenes is 1. The van der Waals surface area contributed by atoms with E-state index in [1.165, 1.54) is 5.56 Å². The number of benzene rings is 1. The molecule has 3 nitrogen and oxygen atoms in total. The first-order valence-electron chi connectivity index (χ1n) is 6.16. The summed E-state index contributed by atoms with van der Waals surface area (Å²) in [5.41, 5.74) is 2.00. The molecule has 0 radical (unpaired) electrons. The first kappa shape index (κ1) is 14.3. The average Bonchev–Trinajstić information content (AvgIpc) is 2.35. The smallest absolute Gasteiger partial charge is 0.307 e. The van der Waals surface area contributed by atoms with Crippen molar-refractivity contribution in [1.82, 2.24) is 5.32 Å². The Labute approximate surface area is 108 Å². The molecular weight excluding hydrogens is 226 g/mol. The second-order valence-corrected chi connectivity index (χ2v) is 4.23. The second kappa shape index (κ2) is 8.32. The Morgan fingerprint density at radius 1 is 1.22 bits per heavy atom.